The second-order valence-electron chi connectivity index (χ2n) is 9.55. The number of aryl methyl sites for hydroxylation is 1. The molecule has 37 heavy (non-hydrogen) atoms. The Labute approximate surface area is 215 Å². The fourth-order valence-electron chi connectivity index (χ4n) is 4.01. The van der Waals surface area contributed by atoms with Gasteiger partial charge in [-0.1, -0.05) is 12.2 Å². The first-order valence-corrected chi connectivity index (χ1v) is 12.1. The van der Waals surface area contributed by atoms with Gasteiger partial charge in [-0.05, 0) is 52.0 Å². The fraction of sp³-hybridized carbons (Fsp3) is 0.370. The number of hydrogen-bond donors (Lipinski definition) is 1. The van der Waals surface area contributed by atoms with Crippen LogP contribution in [0.5, 0.6) is 0 Å². The maximum absolute atomic E-state index is 14.4. The third kappa shape index (κ3) is 5.75. The standard InChI is InChI=1S/C27H32FN7O2/c1-7-19(31-26(36)18-8-9-29-22(14-18)27(4,5)28)15-20(17(2)3)24-32-21-16-30-34(6)23(21)25(33-24)35-10-12-37-13-11-35/h7-9,14-16H,1,10-13H2,2-6H3,(H,31,36). The summed E-state index contributed by atoms with van der Waals surface area (Å²) >= 11 is 0. The molecule has 0 bridgehead atoms. The Balaban J connectivity index is 1.71. The molecule has 4 heterocycles. The van der Waals surface area contributed by atoms with Crippen LogP contribution in [-0.4, -0.2) is 56.9 Å². The SMILES string of the molecule is C=CC(=CC(=C(C)C)c1nc(N2CCOCC2)c2c(cnn2C)n1)NC(=O)c1ccnc(C(C)(C)F)c1. The Bertz CT molecular complexity index is 1390. The predicted octanol–water partition coefficient (Wildman–Crippen LogP) is 4.09. The number of allylic oxidation sites excluding steroid dienone is 4. The molecule has 0 aromatic carbocycles. The zero-order valence-corrected chi connectivity index (χ0v) is 21.9. The van der Waals surface area contributed by atoms with Gasteiger partial charge in [0, 0.05) is 43.2 Å². The molecule has 9 nitrogen and oxygen atoms in total. The summed E-state index contributed by atoms with van der Waals surface area (Å²) in [5.41, 5.74) is 2.55. The molecule has 0 aliphatic carbocycles. The molecule has 1 N–H and O–H groups in total. The molecule has 1 aliphatic rings. The van der Waals surface area contributed by atoms with Gasteiger partial charge in [0.05, 0.1) is 25.1 Å². The van der Waals surface area contributed by atoms with E-state index in [4.69, 9.17) is 14.7 Å². The second kappa shape index (κ2) is 10.6. The first-order chi connectivity index (χ1) is 17.6. The number of rotatable bonds is 7. The number of carbonyl (C=O) groups excluding carboxylic acids is 1. The Morgan fingerprint density at radius 2 is 1.97 bits per heavy atom. The molecule has 1 saturated heterocycles. The lowest BCUT2D eigenvalue weighted by molar-refractivity contribution is 0.0966. The van der Waals surface area contributed by atoms with Crippen LogP contribution in [0.2, 0.25) is 0 Å². The largest absolute Gasteiger partial charge is 0.378 e. The maximum Gasteiger partial charge on any atom is 0.255 e. The van der Waals surface area contributed by atoms with E-state index in [2.05, 4.69) is 26.9 Å². The molecular weight excluding hydrogens is 473 g/mol. The number of morpholine rings is 1. The summed E-state index contributed by atoms with van der Waals surface area (Å²) < 4.78 is 21.7. The highest BCUT2D eigenvalue weighted by molar-refractivity contribution is 5.96. The molecule has 4 rings (SSSR count). The maximum atomic E-state index is 14.4. The summed E-state index contributed by atoms with van der Waals surface area (Å²) in [7, 11) is 1.87. The van der Waals surface area contributed by atoms with E-state index in [1.807, 2.05) is 20.9 Å². The van der Waals surface area contributed by atoms with Gasteiger partial charge >= 0.3 is 0 Å². The number of nitrogens with one attached hydrogen (secondary N) is 1. The lowest BCUT2D eigenvalue weighted by atomic mass is 10.0. The summed E-state index contributed by atoms with van der Waals surface area (Å²) in [4.78, 5) is 28.9. The summed E-state index contributed by atoms with van der Waals surface area (Å²) in [6.45, 7) is 13.3. The molecule has 194 valence electrons. The number of alkyl halides is 1. The molecule has 0 saturated carbocycles. The lowest BCUT2D eigenvalue weighted by Crippen LogP contribution is -2.37. The normalized spacial score (nSPS) is 14.5. The average Bonchev–Trinajstić information content (AvgIpc) is 3.26. The van der Waals surface area contributed by atoms with Crippen LogP contribution in [0.3, 0.4) is 0 Å². The Hall–Kier alpha value is -3.92. The van der Waals surface area contributed by atoms with Crippen LogP contribution in [-0.2, 0) is 17.5 Å². The Morgan fingerprint density at radius 1 is 1.24 bits per heavy atom. The molecule has 1 aliphatic heterocycles. The first kappa shape index (κ1) is 26.2. The molecule has 1 amide bonds. The van der Waals surface area contributed by atoms with Gasteiger partial charge < -0.3 is 15.0 Å². The fourth-order valence-corrected chi connectivity index (χ4v) is 4.01. The minimum atomic E-state index is -1.66. The van der Waals surface area contributed by atoms with Crippen molar-refractivity contribution in [3.8, 4) is 0 Å². The molecule has 1 fully saturated rings. The highest BCUT2D eigenvalue weighted by Gasteiger charge is 2.23. The molecule has 0 unspecified atom stereocenters. The number of pyridine rings is 1. The van der Waals surface area contributed by atoms with Crippen molar-refractivity contribution in [3.05, 3.63) is 71.6 Å². The topological polar surface area (TPSA) is 98.1 Å². The summed E-state index contributed by atoms with van der Waals surface area (Å²) in [5.74, 6) is 0.906. The number of amides is 1. The molecule has 10 heteroatoms. The zero-order valence-electron chi connectivity index (χ0n) is 21.9. The summed E-state index contributed by atoms with van der Waals surface area (Å²) in [5, 5.41) is 7.25. The van der Waals surface area contributed by atoms with E-state index >= 15 is 0 Å². The van der Waals surface area contributed by atoms with Gasteiger partial charge in [-0.25, -0.2) is 14.4 Å². The number of carbonyl (C=O) groups is 1. The Morgan fingerprint density at radius 3 is 2.62 bits per heavy atom. The quantitative estimate of drug-likeness (QED) is 0.483. The minimum Gasteiger partial charge on any atom is -0.378 e. The van der Waals surface area contributed by atoms with Gasteiger partial charge in [0.25, 0.3) is 5.91 Å². The van der Waals surface area contributed by atoms with Crippen molar-refractivity contribution in [2.24, 2.45) is 7.05 Å². The number of fused-ring (bicyclic) bond motifs is 1. The van der Waals surface area contributed by atoms with Crippen LogP contribution in [0.15, 0.2) is 54.5 Å². The lowest BCUT2D eigenvalue weighted by Gasteiger charge is -2.28. The number of anilines is 1. The van der Waals surface area contributed by atoms with E-state index in [0.29, 0.717) is 43.4 Å². The smallest absolute Gasteiger partial charge is 0.255 e. The molecule has 0 spiro atoms. The minimum absolute atomic E-state index is 0.183. The van der Waals surface area contributed by atoms with E-state index in [9.17, 15) is 9.18 Å². The highest BCUT2D eigenvalue weighted by Crippen LogP contribution is 2.28. The first-order valence-electron chi connectivity index (χ1n) is 12.1. The average molecular weight is 506 g/mol. The Kier molecular flexibility index (Phi) is 7.49. The van der Waals surface area contributed by atoms with Gasteiger partial charge in [-0.15, -0.1) is 0 Å². The number of ether oxygens (including phenoxy) is 1. The predicted molar refractivity (Wildman–Crippen MR) is 142 cm³/mol. The van der Waals surface area contributed by atoms with Crippen LogP contribution in [0, 0.1) is 0 Å². The zero-order chi connectivity index (χ0) is 26.7. The van der Waals surface area contributed by atoms with Gasteiger partial charge in [0.2, 0.25) is 0 Å². The van der Waals surface area contributed by atoms with Gasteiger partial charge in [-0.2, -0.15) is 5.10 Å². The second-order valence-corrected chi connectivity index (χ2v) is 9.55. The van der Waals surface area contributed by atoms with E-state index in [1.165, 1.54) is 26.1 Å². The third-order valence-electron chi connectivity index (χ3n) is 6.07. The van der Waals surface area contributed by atoms with Crippen molar-refractivity contribution >= 4 is 28.3 Å². The van der Waals surface area contributed by atoms with E-state index in [-0.39, 0.29) is 5.69 Å². The number of halogens is 1. The van der Waals surface area contributed by atoms with E-state index < -0.39 is 11.6 Å². The summed E-state index contributed by atoms with van der Waals surface area (Å²) in [6, 6.07) is 2.99. The summed E-state index contributed by atoms with van der Waals surface area (Å²) in [6.07, 6.45) is 6.49. The van der Waals surface area contributed by atoms with Crippen LogP contribution >= 0.6 is 0 Å². The van der Waals surface area contributed by atoms with Crippen LogP contribution in [0.25, 0.3) is 16.6 Å². The number of aromatic nitrogens is 5. The van der Waals surface area contributed by atoms with Gasteiger partial charge in [-0.3, -0.25) is 14.5 Å². The number of hydrogen-bond acceptors (Lipinski definition) is 7. The van der Waals surface area contributed by atoms with Gasteiger partial charge in [0.1, 0.15) is 16.7 Å². The van der Waals surface area contributed by atoms with Crippen LogP contribution in [0.1, 0.15) is 49.6 Å². The van der Waals surface area contributed by atoms with Crippen molar-refractivity contribution in [2.75, 3.05) is 31.2 Å². The monoisotopic (exact) mass is 505 g/mol. The van der Waals surface area contributed by atoms with Crippen molar-refractivity contribution in [1.29, 1.82) is 0 Å². The van der Waals surface area contributed by atoms with E-state index in [0.717, 1.165) is 28.0 Å². The number of nitrogens with zero attached hydrogens (tertiary/aromatic N) is 6. The van der Waals surface area contributed by atoms with Crippen molar-refractivity contribution in [2.45, 2.75) is 33.4 Å². The van der Waals surface area contributed by atoms with Crippen molar-refractivity contribution < 1.29 is 13.9 Å². The van der Waals surface area contributed by atoms with Crippen molar-refractivity contribution in [3.63, 3.8) is 0 Å². The van der Waals surface area contributed by atoms with E-state index in [1.54, 1.807) is 29.1 Å². The molecule has 0 radical (unpaired) electrons. The van der Waals surface area contributed by atoms with Crippen LogP contribution in [0.4, 0.5) is 10.2 Å². The third-order valence-corrected chi connectivity index (χ3v) is 6.07. The highest BCUT2D eigenvalue weighted by atomic mass is 19.1. The molecular formula is C27H32FN7O2. The van der Waals surface area contributed by atoms with Crippen LogP contribution < -0.4 is 10.2 Å². The molecule has 3 aromatic rings. The molecule has 3 aromatic heterocycles. The molecule has 0 atom stereocenters. The van der Waals surface area contributed by atoms with Crippen molar-refractivity contribution in [1.82, 2.24) is 30.0 Å². The van der Waals surface area contributed by atoms with Gasteiger partial charge in [0.15, 0.2) is 11.6 Å².